The van der Waals surface area contributed by atoms with Crippen LogP contribution >= 0.6 is 0 Å². The molecule has 0 N–H and O–H groups in total. The van der Waals surface area contributed by atoms with E-state index in [1.54, 1.807) is 0 Å². The number of rotatable bonds is 12. The van der Waals surface area contributed by atoms with Crippen molar-refractivity contribution in [2.75, 3.05) is 76.0 Å². The zero-order chi connectivity index (χ0) is 29.6. The maximum absolute atomic E-state index is 2.91. The Hall–Kier alpha value is -3.21. The Kier molecular flexibility index (Phi) is 10.2. The van der Waals surface area contributed by atoms with E-state index in [1.165, 1.54) is 45.0 Å². The third-order valence-electron chi connectivity index (χ3n) is 8.16. The first kappa shape index (κ1) is 30.7. The topological polar surface area (TPSA) is 13.0 Å². The van der Waals surface area contributed by atoms with Crippen LogP contribution in [0.4, 0.5) is 22.7 Å². The molecule has 4 aromatic carbocycles. The molecule has 0 atom stereocenters. The van der Waals surface area contributed by atoms with Gasteiger partial charge in [0.2, 0.25) is 0 Å². The van der Waals surface area contributed by atoms with Crippen molar-refractivity contribution >= 4 is 22.7 Å². The average Bonchev–Trinajstić information content (AvgIpc) is 2.93. The molecule has 0 heterocycles. The summed E-state index contributed by atoms with van der Waals surface area (Å²) in [7, 11) is 17.4. The van der Waals surface area contributed by atoms with Crippen LogP contribution in [-0.4, -0.2) is 56.4 Å². The fraction of sp³-hybridized carbons (Fsp3) is 0.333. The van der Waals surface area contributed by atoms with Crippen LogP contribution in [0.25, 0.3) is 0 Å². The van der Waals surface area contributed by atoms with Gasteiger partial charge in [-0.25, -0.2) is 0 Å². The number of hydrogen-bond donors (Lipinski definition) is 0. The zero-order valence-corrected chi connectivity index (χ0v) is 27.9. The predicted octanol–water partition coefficient (Wildman–Crippen LogP) is 7.21. The molecule has 41 heavy (non-hydrogen) atoms. The summed E-state index contributed by atoms with van der Waals surface area (Å²) < 4.78 is 4.61. The van der Waals surface area contributed by atoms with E-state index in [1.807, 2.05) is 0 Å². The number of para-hydroxylation sites is 4. The number of nitrogens with zero attached hydrogens (tertiary/aromatic N) is 4. The van der Waals surface area contributed by atoms with Crippen molar-refractivity contribution in [3.8, 4) is 0 Å². The van der Waals surface area contributed by atoms with Crippen molar-refractivity contribution in [3.63, 3.8) is 0 Å². The SMILES string of the molecule is CN(C)c1ccccc1[CH2][Ti]([CH2]c1ccccc1N(C)C)([CH2]c1ccccc1N(C)C)[CH2]c1ccccc1N(C)C. The second-order valence-corrected chi connectivity index (χ2v) is 19.2. The molecule has 0 unspecified atom stereocenters. The molecule has 216 valence electrons. The normalized spacial score (nSPS) is 11.3. The van der Waals surface area contributed by atoms with Gasteiger partial charge in [0, 0.05) is 0 Å². The van der Waals surface area contributed by atoms with Gasteiger partial charge in [0.15, 0.2) is 0 Å². The molecule has 0 aliphatic heterocycles. The van der Waals surface area contributed by atoms with Crippen molar-refractivity contribution < 1.29 is 16.6 Å². The van der Waals surface area contributed by atoms with Crippen molar-refractivity contribution in [1.82, 2.24) is 0 Å². The summed E-state index contributed by atoms with van der Waals surface area (Å²) in [6.07, 6.45) is 0. The van der Waals surface area contributed by atoms with Gasteiger partial charge in [-0.15, -0.1) is 0 Å². The Bertz CT molecular complexity index is 1210. The van der Waals surface area contributed by atoms with E-state index in [4.69, 9.17) is 0 Å². The Balaban J connectivity index is 1.97. The van der Waals surface area contributed by atoms with Gasteiger partial charge in [-0.2, -0.15) is 0 Å². The molecule has 0 fully saturated rings. The van der Waals surface area contributed by atoms with Gasteiger partial charge in [-0.1, -0.05) is 0 Å². The van der Waals surface area contributed by atoms with Crippen molar-refractivity contribution in [1.29, 1.82) is 0 Å². The summed E-state index contributed by atoms with van der Waals surface area (Å²) in [5.74, 6) is 0. The zero-order valence-electron chi connectivity index (χ0n) is 26.4. The molecular weight excluding hydrogens is 536 g/mol. The van der Waals surface area contributed by atoms with Gasteiger partial charge in [0.1, 0.15) is 0 Å². The summed E-state index contributed by atoms with van der Waals surface area (Å²) >= 11 is -2.91. The molecule has 0 spiro atoms. The molecule has 0 saturated heterocycles. The van der Waals surface area contributed by atoms with Crippen LogP contribution in [-0.2, 0) is 35.5 Å². The first-order valence-electron chi connectivity index (χ1n) is 14.6. The fourth-order valence-corrected chi connectivity index (χ4v) is 14.5. The van der Waals surface area contributed by atoms with Crippen molar-refractivity contribution in [3.05, 3.63) is 119 Å². The number of hydrogen-bond acceptors (Lipinski definition) is 4. The molecule has 0 bridgehead atoms. The molecule has 4 nitrogen and oxygen atoms in total. The molecule has 0 radical (unpaired) electrons. The quantitative estimate of drug-likeness (QED) is 0.163. The molecule has 5 heteroatoms. The van der Waals surface area contributed by atoms with Crippen molar-refractivity contribution in [2.24, 2.45) is 0 Å². The molecule has 0 aliphatic rings. The van der Waals surface area contributed by atoms with Gasteiger partial charge >= 0.3 is 254 Å². The molecular formula is C36H48N4Ti. The maximum atomic E-state index is 2.38. The summed E-state index contributed by atoms with van der Waals surface area (Å²) in [5.41, 5.74) is 11.3. The Labute approximate surface area is 252 Å². The van der Waals surface area contributed by atoms with E-state index in [2.05, 4.69) is 173 Å². The molecule has 0 aromatic heterocycles. The van der Waals surface area contributed by atoms with Crippen molar-refractivity contribution in [2.45, 2.75) is 18.9 Å². The van der Waals surface area contributed by atoms with E-state index in [-0.39, 0.29) is 0 Å². The van der Waals surface area contributed by atoms with Crippen LogP contribution in [0.5, 0.6) is 0 Å². The fourth-order valence-electron chi connectivity index (χ4n) is 6.38. The van der Waals surface area contributed by atoms with Crippen LogP contribution in [0.15, 0.2) is 97.1 Å². The van der Waals surface area contributed by atoms with Crippen LogP contribution in [0.1, 0.15) is 22.3 Å². The predicted molar refractivity (Wildman–Crippen MR) is 178 cm³/mol. The Morgan fingerprint density at radius 2 is 0.537 bits per heavy atom. The van der Waals surface area contributed by atoms with Gasteiger partial charge in [-0.3, -0.25) is 0 Å². The number of anilines is 4. The third-order valence-corrected chi connectivity index (χ3v) is 15.2. The summed E-state index contributed by atoms with van der Waals surface area (Å²) in [6, 6.07) is 36.3. The molecule has 0 saturated carbocycles. The van der Waals surface area contributed by atoms with Crippen LogP contribution in [0, 0.1) is 0 Å². The molecule has 4 rings (SSSR count). The first-order valence-corrected chi connectivity index (χ1v) is 19.0. The van der Waals surface area contributed by atoms with Gasteiger partial charge < -0.3 is 0 Å². The Morgan fingerprint density at radius 1 is 0.341 bits per heavy atom. The molecule has 0 aliphatic carbocycles. The summed E-state index contributed by atoms with van der Waals surface area (Å²) in [6.45, 7) is 0. The summed E-state index contributed by atoms with van der Waals surface area (Å²) in [4.78, 5) is 9.16. The molecule has 0 amide bonds. The minimum atomic E-state index is -2.91. The van der Waals surface area contributed by atoms with Crippen LogP contribution < -0.4 is 19.6 Å². The second-order valence-electron chi connectivity index (χ2n) is 12.3. The van der Waals surface area contributed by atoms with Crippen LogP contribution in [0.2, 0.25) is 0 Å². The van der Waals surface area contributed by atoms with E-state index in [0.717, 1.165) is 18.9 Å². The standard InChI is InChI=1S/4C9H12N.Ti/c4*1-8-6-4-5-7-9(8)10(2)3;/h4*4-7H,1H2,2-3H3;. The van der Waals surface area contributed by atoms with E-state index >= 15 is 0 Å². The number of benzene rings is 4. The average molecular weight is 585 g/mol. The minimum absolute atomic E-state index is 1.15. The summed E-state index contributed by atoms with van der Waals surface area (Å²) in [5, 5.41) is 0. The molecule has 4 aromatic rings. The Morgan fingerprint density at radius 3 is 0.732 bits per heavy atom. The van der Waals surface area contributed by atoms with E-state index in [9.17, 15) is 0 Å². The monoisotopic (exact) mass is 584 g/mol. The van der Waals surface area contributed by atoms with Gasteiger partial charge in [0.05, 0.1) is 0 Å². The second kappa shape index (κ2) is 13.6. The third kappa shape index (κ3) is 7.55. The first-order chi connectivity index (χ1) is 19.6. The van der Waals surface area contributed by atoms with E-state index < -0.39 is 16.6 Å². The van der Waals surface area contributed by atoms with Crippen LogP contribution in [0.3, 0.4) is 0 Å². The van der Waals surface area contributed by atoms with Gasteiger partial charge in [0.25, 0.3) is 0 Å². The van der Waals surface area contributed by atoms with Gasteiger partial charge in [-0.05, 0) is 0 Å². The van der Waals surface area contributed by atoms with E-state index in [0.29, 0.717) is 0 Å².